The van der Waals surface area contributed by atoms with Crippen molar-refractivity contribution in [2.24, 2.45) is 5.92 Å². The van der Waals surface area contributed by atoms with Gasteiger partial charge in [0, 0.05) is 12.1 Å². The summed E-state index contributed by atoms with van der Waals surface area (Å²) in [7, 11) is 0. The highest BCUT2D eigenvalue weighted by Gasteiger charge is 2.36. The minimum absolute atomic E-state index is 0.224. The van der Waals surface area contributed by atoms with Gasteiger partial charge in [0.1, 0.15) is 5.52 Å². The minimum atomic E-state index is -0.248. The second kappa shape index (κ2) is 5.55. The number of fused-ring (bicyclic) bond motifs is 2. The number of benzene rings is 2. The van der Waals surface area contributed by atoms with Crippen molar-refractivity contribution in [3.05, 3.63) is 53.1 Å². The first kappa shape index (κ1) is 15.6. The van der Waals surface area contributed by atoms with Crippen LogP contribution in [0.5, 0.6) is 0 Å². The monoisotopic (exact) mass is 334 g/mol. The molecular weight excluding hydrogens is 316 g/mol. The van der Waals surface area contributed by atoms with Gasteiger partial charge in [0.25, 0.3) is 11.8 Å². The number of hydrogen-bond acceptors (Lipinski definition) is 4. The third-order valence-electron chi connectivity index (χ3n) is 4.31. The van der Waals surface area contributed by atoms with Crippen molar-refractivity contribution in [3.8, 4) is 11.5 Å². The summed E-state index contributed by atoms with van der Waals surface area (Å²) in [5.41, 5.74) is 4.13. The highest BCUT2D eigenvalue weighted by Crippen LogP contribution is 2.30. The first-order valence-corrected chi connectivity index (χ1v) is 8.32. The van der Waals surface area contributed by atoms with Gasteiger partial charge in [0.05, 0.1) is 11.1 Å². The quantitative estimate of drug-likeness (QED) is 0.678. The Morgan fingerprint density at radius 1 is 1.04 bits per heavy atom. The lowest BCUT2D eigenvalue weighted by atomic mass is 10.1. The second-order valence-corrected chi connectivity index (χ2v) is 6.87. The number of rotatable bonds is 3. The molecule has 0 spiro atoms. The minimum Gasteiger partial charge on any atom is -0.436 e. The molecule has 0 N–H and O–H groups in total. The van der Waals surface area contributed by atoms with Crippen molar-refractivity contribution < 1.29 is 14.0 Å². The summed E-state index contributed by atoms with van der Waals surface area (Å²) in [6, 6.07) is 11.0. The Hall–Kier alpha value is -2.95. The number of nitrogens with zero attached hydrogens (tertiary/aromatic N) is 2. The summed E-state index contributed by atoms with van der Waals surface area (Å²) in [5, 5.41) is 0. The van der Waals surface area contributed by atoms with Crippen LogP contribution < -0.4 is 0 Å². The second-order valence-electron chi connectivity index (χ2n) is 6.87. The number of hydrogen-bond donors (Lipinski definition) is 0. The normalized spacial score (nSPS) is 14.0. The van der Waals surface area contributed by atoms with Crippen molar-refractivity contribution in [1.29, 1.82) is 0 Å². The molecule has 1 aliphatic heterocycles. The molecule has 0 fully saturated rings. The maximum atomic E-state index is 12.6. The van der Waals surface area contributed by atoms with Gasteiger partial charge in [-0.2, -0.15) is 0 Å². The summed E-state index contributed by atoms with van der Waals surface area (Å²) in [4.78, 5) is 30.8. The van der Waals surface area contributed by atoms with E-state index < -0.39 is 0 Å². The van der Waals surface area contributed by atoms with Crippen LogP contribution in [0, 0.1) is 12.8 Å². The number of aromatic nitrogens is 1. The molecule has 1 aliphatic rings. The van der Waals surface area contributed by atoms with E-state index in [2.05, 4.69) is 4.98 Å². The molecule has 1 aromatic heterocycles. The largest absolute Gasteiger partial charge is 0.436 e. The van der Waals surface area contributed by atoms with Crippen LogP contribution in [0.25, 0.3) is 22.6 Å². The highest BCUT2D eigenvalue weighted by atomic mass is 16.3. The van der Waals surface area contributed by atoms with Gasteiger partial charge >= 0.3 is 0 Å². The van der Waals surface area contributed by atoms with Crippen LogP contribution in [-0.4, -0.2) is 28.2 Å². The fourth-order valence-electron chi connectivity index (χ4n) is 3.11. The van der Waals surface area contributed by atoms with Gasteiger partial charge in [0.15, 0.2) is 5.58 Å². The summed E-state index contributed by atoms with van der Waals surface area (Å²) in [5.74, 6) is 0.198. The molecule has 0 bridgehead atoms. The summed E-state index contributed by atoms with van der Waals surface area (Å²) < 4.78 is 5.83. The molecular formula is C20H18N2O3. The van der Waals surface area contributed by atoms with E-state index in [1.807, 2.05) is 39.0 Å². The fourth-order valence-corrected chi connectivity index (χ4v) is 3.11. The Bertz CT molecular complexity index is 1020. The zero-order valence-corrected chi connectivity index (χ0v) is 14.4. The molecule has 0 saturated carbocycles. The average Bonchev–Trinajstić information content (AvgIpc) is 3.09. The molecule has 0 aliphatic carbocycles. The maximum absolute atomic E-state index is 12.6. The Kier molecular flexibility index (Phi) is 3.46. The van der Waals surface area contributed by atoms with Gasteiger partial charge in [-0.1, -0.05) is 19.9 Å². The smallest absolute Gasteiger partial charge is 0.261 e. The van der Waals surface area contributed by atoms with Crippen LogP contribution in [0.3, 0.4) is 0 Å². The third kappa shape index (κ3) is 2.52. The Labute approximate surface area is 145 Å². The van der Waals surface area contributed by atoms with Crippen molar-refractivity contribution in [2.75, 3.05) is 6.54 Å². The van der Waals surface area contributed by atoms with Gasteiger partial charge in [0.2, 0.25) is 5.89 Å². The molecule has 0 radical (unpaired) electrons. The number of carbonyl (C=O) groups excluding carboxylic acids is 2. The standard InChI is InChI=1S/C20H18N2O3/c1-11(2)10-22-19(23)14-6-5-13(9-15(14)20(22)24)18-21-16-7-4-12(3)8-17(16)25-18/h4-9,11H,10H2,1-3H3. The van der Waals surface area contributed by atoms with Crippen LogP contribution in [0.15, 0.2) is 40.8 Å². The predicted octanol–water partition coefficient (Wildman–Crippen LogP) is 4.06. The van der Waals surface area contributed by atoms with E-state index in [1.54, 1.807) is 18.2 Å². The Morgan fingerprint density at radius 2 is 1.80 bits per heavy atom. The van der Waals surface area contributed by atoms with Crippen LogP contribution in [-0.2, 0) is 0 Å². The Balaban J connectivity index is 1.76. The van der Waals surface area contributed by atoms with Crippen LogP contribution in [0.2, 0.25) is 0 Å². The number of aryl methyl sites for hydroxylation is 1. The van der Waals surface area contributed by atoms with Crippen LogP contribution >= 0.6 is 0 Å². The predicted molar refractivity (Wildman–Crippen MR) is 94.4 cm³/mol. The molecule has 0 unspecified atom stereocenters. The van der Waals surface area contributed by atoms with Crippen molar-refractivity contribution in [1.82, 2.24) is 9.88 Å². The zero-order chi connectivity index (χ0) is 17.7. The maximum Gasteiger partial charge on any atom is 0.261 e. The third-order valence-corrected chi connectivity index (χ3v) is 4.31. The number of oxazole rings is 1. The molecule has 0 saturated heterocycles. The molecule has 2 aromatic carbocycles. The van der Waals surface area contributed by atoms with Gasteiger partial charge < -0.3 is 4.42 Å². The molecule has 25 heavy (non-hydrogen) atoms. The van der Waals surface area contributed by atoms with Crippen molar-refractivity contribution in [2.45, 2.75) is 20.8 Å². The molecule has 2 heterocycles. The molecule has 5 heteroatoms. The lowest BCUT2D eigenvalue weighted by molar-refractivity contribution is 0.0636. The first-order chi connectivity index (χ1) is 11.9. The van der Waals surface area contributed by atoms with E-state index in [4.69, 9.17) is 4.42 Å². The molecule has 3 aromatic rings. The lowest BCUT2D eigenvalue weighted by Gasteiger charge is -2.15. The van der Waals surface area contributed by atoms with E-state index in [0.29, 0.717) is 34.7 Å². The van der Waals surface area contributed by atoms with Crippen molar-refractivity contribution >= 4 is 22.9 Å². The summed E-state index contributed by atoms with van der Waals surface area (Å²) in [6.07, 6.45) is 0. The van der Waals surface area contributed by atoms with E-state index in [0.717, 1.165) is 11.1 Å². The Morgan fingerprint density at radius 3 is 2.56 bits per heavy atom. The highest BCUT2D eigenvalue weighted by molar-refractivity contribution is 6.21. The topological polar surface area (TPSA) is 63.4 Å². The summed E-state index contributed by atoms with van der Waals surface area (Å²) >= 11 is 0. The van der Waals surface area contributed by atoms with Gasteiger partial charge in [-0.15, -0.1) is 0 Å². The molecule has 5 nitrogen and oxygen atoms in total. The van der Waals surface area contributed by atoms with Gasteiger partial charge in [-0.05, 0) is 48.7 Å². The summed E-state index contributed by atoms with van der Waals surface area (Å²) in [6.45, 7) is 6.37. The number of carbonyl (C=O) groups is 2. The molecule has 0 atom stereocenters. The number of amides is 2. The molecule has 4 rings (SSSR count). The number of imide groups is 1. The molecule has 126 valence electrons. The fraction of sp³-hybridized carbons (Fsp3) is 0.250. The van der Waals surface area contributed by atoms with E-state index in [-0.39, 0.29) is 17.7 Å². The molecule has 2 amide bonds. The van der Waals surface area contributed by atoms with Gasteiger partial charge in [-0.3, -0.25) is 14.5 Å². The van der Waals surface area contributed by atoms with E-state index in [9.17, 15) is 9.59 Å². The van der Waals surface area contributed by atoms with Crippen LogP contribution in [0.1, 0.15) is 40.1 Å². The lowest BCUT2D eigenvalue weighted by Crippen LogP contribution is -2.33. The van der Waals surface area contributed by atoms with Gasteiger partial charge in [-0.25, -0.2) is 4.98 Å². The van der Waals surface area contributed by atoms with E-state index >= 15 is 0 Å². The van der Waals surface area contributed by atoms with Crippen molar-refractivity contribution in [3.63, 3.8) is 0 Å². The first-order valence-electron chi connectivity index (χ1n) is 8.32. The van der Waals surface area contributed by atoms with Crippen LogP contribution in [0.4, 0.5) is 0 Å². The zero-order valence-electron chi connectivity index (χ0n) is 14.4. The average molecular weight is 334 g/mol. The van der Waals surface area contributed by atoms with E-state index in [1.165, 1.54) is 4.90 Å². The SMILES string of the molecule is Cc1ccc2nc(-c3ccc4c(c3)C(=O)N(CC(C)C)C4=O)oc2c1.